The number of ether oxygens (including phenoxy) is 1. The summed E-state index contributed by atoms with van der Waals surface area (Å²) >= 11 is 0. The van der Waals surface area contributed by atoms with Crippen LogP contribution in [0.5, 0.6) is 5.75 Å². The Morgan fingerprint density at radius 3 is 2.77 bits per heavy atom. The molecule has 2 nitrogen and oxygen atoms in total. The van der Waals surface area contributed by atoms with Gasteiger partial charge in [0.1, 0.15) is 11.9 Å². The van der Waals surface area contributed by atoms with E-state index in [9.17, 15) is 5.11 Å². The van der Waals surface area contributed by atoms with Crippen LogP contribution in [0.1, 0.15) is 17.2 Å². The van der Waals surface area contributed by atoms with Crippen molar-refractivity contribution in [1.29, 1.82) is 0 Å². The third-order valence-corrected chi connectivity index (χ3v) is 2.02. The molecule has 0 bridgehead atoms. The minimum atomic E-state index is -0.656. The maximum atomic E-state index is 9.62. The van der Waals surface area contributed by atoms with Crippen LogP contribution >= 0.6 is 0 Å². The molecule has 0 aliphatic heterocycles. The van der Waals surface area contributed by atoms with Crippen LogP contribution in [-0.2, 0) is 0 Å². The van der Waals surface area contributed by atoms with E-state index in [0.29, 0.717) is 5.75 Å². The van der Waals surface area contributed by atoms with Crippen LogP contribution in [0, 0.1) is 6.92 Å². The van der Waals surface area contributed by atoms with Gasteiger partial charge < -0.3 is 9.84 Å². The maximum Gasteiger partial charge on any atom is 0.125 e. The van der Waals surface area contributed by atoms with Gasteiger partial charge in [0.15, 0.2) is 0 Å². The Morgan fingerprint density at radius 1 is 1.54 bits per heavy atom. The van der Waals surface area contributed by atoms with E-state index < -0.39 is 6.10 Å². The van der Waals surface area contributed by atoms with E-state index in [1.807, 2.05) is 25.1 Å². The van der Waals surface area contributed by atoms with Gasteiger partial charge >= 0.3 is 0 Å². The summed E-state index contributed by atoms with van der Waals surface area (Å²) in [5.41, 5.74) is 1.80. The summed E-state index contributed by atoms with van der Waals surface area (Å²) in [6.45, 7) is 5.48. The second-order valence-corrected chi connectivity index (χ2v) is 2.87. The minimum absolute atomic E-state index is 0.656. The van der Waals surface area contributed by atoms with E-state index >= 15 is 0 Å². The van der Waals surface area contributed by atoms with Crippen LogP contribution in [0.25, 0.3) is 0 Å². The molecule has 0 heterocycles. The number of methoxy groups -OCH3 is 1. The smallest absolute Gasteiger partial charge is 0.125 e. The molecule has 1 unspecified atom stereocenters. The van der Waals surface area contributed by atoms with Gasteiger partial charge in [-0.05, 0) is 18.6 Å². The third-order valence-electron chi connectivity index (χ3n) is 2.02. The van der Waals surface area contributed by atoms with Gasteiger partial charge in [0.2, 0.25) is 0 Å². The molecule has 2 heteroatoms. The summed E-state index contributed by atoms with van der Waals surface area (Å²) in [7, 11) is 1.59. The Morgan fingerprint density at radius 2 is 2.23 bits per heavy atom. The normalized spacial score (nSPS) is 12.2. The molecule has 13 heavy (non-hydrogen) atoms. The number of rotatable bonds is 3. The molecule has 0 radical (unpaired) electrons. The van der Waals surface area contributed by atoms with Gasteiger partial charge in [-0.3, -0.25) is 0 Å². The van der Waals surface area contributed by atoms with Crippen LogP contribution < -0.4 is 4.74 Å². The highest BCUT2D eigenvalue weighted by Gasteiger charge is 2.11. The summed E-state index contributed by atoms with van der Waals surface area (Å²) in [5, 5.41) is 9.62. The fourth-order valence-corrected chi connectivity index (χ4v) is 1.33. The zero-order valence-corrected chi connectivity index (χ0v) is 7.95. The van der Waals surface area contributed by atoms with Gasteiger partial charge in [-0.25, -0.2) is 0 Å². The van der Waals surface area contributed by atoms with Crippen molar-refractivity contribution in [2.75, 3.05) is 7.11 Å². The van der Waals surface area contributed by atoms with E-state index in [1.165, 1.54) is 6.08 Å². The lowest BCUT2D eigenvalue weighted by molar-refractivity contribution is 0.222. The van der Waals surface area contributed by atoms with Crippen molar-refractivity contribution in [3.8, 4) is 5.75 Å². The predicted octanol–water partition coefficient (Wildman–Crippen LogP) is 2.22. The largest absolute Gasteiger partial charge is 0.496 e. The summed E-state index contributed by atoms with van der Waals surface area (Å²) < 4.78 is 5.14. The molecule has 1 rings (SSSR count). The zero-order chi connectivity index (χ0) is 9.84. The van der Waals surface area contributed by atoms with Crippen molar-refractivity contribution in [3.63, 3.8) is 0 Å². The zero-order valence-electron chi connectivity index (χ0n) is 7.95. The first-order chi connectivity index (χ1) is 6.20. The summed E-state index contributed by atoms with van der Waals surface area (Å²) in [6, 6.07) is 5.66. The van der Waals surface area contributed by atoms with Crippen LogP contribution in [-0.4, -0.2) is 12.2 Å². The molecule has 0 amide bonds. The van der Waals surface area contributed by atoms with Crippen LogP contribution in [0.15, 0.2) is 30.9 Å². The number of hydrogen-bond acceptors (Lipinski definition) is 2. The van der Waals surface area contributed by atoms with Crippen LogP contribution in [0.2, 0.25) is 0 Å². The lowest BCUT2D eigenvalue weighted by Crippen LogP contribution is -1.99. The average molecular weight is 178 g/mol. The molecule has 1 N–H and O–H groups in total. The van der Waals surface area contributed by atoms with Gasteiger partial charge in [-0.1, -0.05) is 18.2 Å². The number of hydrogen-bond donors (Lipinski definition) is 1. The Hall–Kier alpha value is -1.28. The first-order valence-corrected chi connectivity index (χ1v) is 4.14. The second kappa shape index (κ2) is 4.10. The van der Waals surface area contributed by atoms with Crippen molar-refractivity contribution in [2.45, 2.75) is 13.0 Å². The molecule has 0 aromatic heterocycles. The second-order valence-electron chi connectivity index (χ2n) is 2.87. The highest BCUT2D eigenvalue weighted by molar-refractivity contribution is 5.42. The first-order valence-electron chi connectivity index (χ1n) is 4.14. The van der Waals surface area contributed by atoms with Crippen LogP contribution in [0.4, 0.5) is 0 Å². The Balaban J connectivity index is 3.22. The quantitative estimate of drug-likeness (QED) is 0.719. The molecular formula is C11H14O2. The lowest BCUT2D eigenvalue weighted by atomic mass is 10.0. The average Bonchev–Trinajstić information content (AvgIpc) is 2.16. The van der Waals surface area contributed by atoms with E-state index in [-0.39, 0.29) is 0 Å². The Bertz CT molecular complexity index is 305. The van der Waals surface area contributed by atoms with E-state index in [0.717, 1.165) is 11.1 Å². The van der Waals surface area contributed by atoms with Crippen LogP contribution in [0.3, 0.4) is 0 Å². The van der Waals surface area contributed by atoms with Gasteiger partial charge in [-0.2, -0.15) is 0 Å². The molecule has 1 aromatic carbocycles. The lowest BCUT2D eigenvalue weighted by Gasteiger charge is -2.13. The number of benzene rings is 1. The Labute approximate surface area is 78.5 Å². The van der Waals surface area contributed by atoms with Gasteiger partial charge in [-0.15, -0.1) is 6.58 Å². The van der Waals surface area contributed by atoms with Gasteiger partial charge in [0, 0.05) is 5.56 Å². The van der Waals surface area contributed by atoms with Crippen molar-refractivity contribution in [1.82, 2.24) is 0 Å². The summed E-state index contributed by atoms with van der Waals surface area (Å²) in [5.74, 6) is 0.701. The van der Waals surface area contributed by atoms with Crippen molar-refractivity contribution in [2.24, 2.45) is 0 Å². The maximum absolute atomic E-state index is 9.62. The molecule has 0 spiro atoms. The SMILES string of the molecule is C=CC(O)c1c(C)cccc1OC. The highest BCUT2D eigenvalue weighted by atomic mass is 16.5. The predicted molar refractivity (Wildman–Crippen MR) is 52.9 cm³/mol. The highest BCUT2D eigenvalue weighted by Crippen LogP contribution is 2.28. The molecule has 1 atom stereocenters. The third kappa shape index (κ3) is 1.90. The molecule has 0 aliphatic rings. The summed E-state index contributed by atoms with van der Waals surface area (Å²) in [4.78, 5) is 0. The van der Waals surface area contributed by atoms with E-state index in [1.54, 1.807) is 7.11 Å². The first kappa shape index (κ1) is 9.81. The van der Waals surface area contributed by atoms with Crippen molar-refractivity contribution >= 4 is 0 Å². The standard InChI is InChI=1S/C11H14O2/c1-4-9(12)11-8(2)6-5-7-10(11)13-3/h4-7,9,12H,1H2,2-3H3. The van der Waals surface area contributed by atoms with Crippen molar-refractivity contribution in [3.05, 3.63) is 42.0 Å². The molecular weight excluding hydrogens is 164 g/mol. The van der Waals surface area contributed by atoms with Gasteiger partial charge in [0.05, 0.1) is 7.11 Å². The van der Waals surface area contributed by atoms with E-state index in [2.05, 4.69) is 6.58 Å². The molecule has 70 valence electrons. The molecule has 0 fully saturated rings. The van der Waals surface area contributed by atoms with Crippen molar-refractivity contribution < 1.29 is 9.84 Å². The number of aliphatic hydroxyl groups excluding tert-OH is 1. The Kier molecular flexibility index (Phi) is 3.09. The topological polar surface area (TPSA) is 29.5 Å². The summed E-state index contributed by atoms with van der Waals surface area (Å²) in [6.07, 6.45) is 0.835. The molecule has 1 aromatic rings. The number of aryl methyl sites for hydroxylation is 1. The molecule has 0 saturated carbocycles. The fraction of sp³-hybridized carbons (Fsp3) is 0.273. The van der Waals surface area contributed by atoms with Gasteiger partial charge in [0.25, 0.3) is 0 Å². The minimum Gasteiger partial charge on any atom is -0.496 e. The number of aliphatic hydroxyl groups is 1. The molecule has 0 aliphatic carbocycles. The fourth-order valence-electron chi connectivity index (χ4n) is 1.33. The van der Waals surface area contributed by atoms with E-state index in [4.69, 9.17) is 4.74 Å². The molecule has 0 saturated heterocycles. The monoisotopic (exact) mass is 178 g/mol.